The maximum atomic E-state index is 12.6. The van der Waals surface area contributed by atoms with Crippen LogP contribution in [0.3, 0.4) is 0 Å². The Bertz CT molecular complexity index is 1030. The van der Waals surface area contributed by atoms with Crippen molar-refractivity contribution in [2.24, 2.45) is 0 Å². The molecule has 7 heteroatoms. The molecule has 1 amide bonds. The van der Waals surface area contributed by atoms with E-state index in [1.807, 2.05) is 50.2 Å². The lowest BCUT2D eigenvalue weighted by Gasteiger charge is -2.12. The monoisotopic (exact) mass is 479 g/mol. The lowest BCUT2D eigenvalue weighted by molar-refractivity contribution is -0.113. The molecule has 1 aromatic heterocycles. The van der Waals surface area contributed by atoms with Crippen LogP contribution in [0.2, 0.25) is 0 Å². The number of nitrogens with zero attached hydrogens (tertiary/aromatic N) is 2. The first-order chi connectivity index (χ1) is 12.5. The molecule has 3 rings (SSSR count). The Hall–Kier alpha value is -1.87. The summed E-state index contributed by atoms with van der Waals surface area (Å²) in [6.45, 7) is 4.37. The normalized spacial score (nSPS) is 10.9. The predicted octanol–water partition coefficient (Wildman–Crippen LogP) is 4.06. The number of hydrogen-bond donors (Lipinski definition) is 1. The number of rotatable bonds is 5. The van der Waals surface area contributed by atoms with Gasteiger partial charge in [-0.3, -0.25) is 14.2 Å². The second kappa shape index (κ2) is 8.22. The van der Waals surface area contributed by atoms with E-state index in [0.29, 0.717) is 22.6 Å². The van der Waals surface area contributed by atoms with Crippen molar-refractivity contribution >= 4 is 56.9 Å². The van der Waals surface area contributed by atoms with E-state index in [2.05, 4.69) is 32.9 Å². The number of para-hydroxylation sites is 1. The van der Waals surface area contributed by atoms with E-state index >= 15 is 0 Å². The van der Waals surface area contributed by atoms with Crippen LogP contribution in [-0.4, -0.2) is 21.2 Å². The van der Waals surface area contributed by atoms with Crippen LogP contribution >= 0.6 is 34.4 Å². The van der Waals surface area contributed by atoms with Gasteiger partial charge < -0.3 is 5.32 Å². The molecular formula is C19H18IN3O2S. The van der Waals surface area contributed by atoms with Crippen molar-refractivity contribution in [1.82, 2.24) is 9.55 Å². The number of fused-ring (bicyclic) bond motifs is 1. The highest BCUT2D eigenvalue weighted by atomic mass is 127. The summed E-state index contributed by atoms with van der Waals surface area (Å²) in [5, 5.41) is 4.07. The van der Waals surface area contributed by atoms with E-state index in [-0.39, 0.29) is 17.2 Å². The summed E-state index contributed by atoms with van der Waals surface area (Å²) in [5.41, 5.74) is 2.40. The van der Waals surface area contributed by atoms with E-state index in [0.717, 1.165) is 14.8 Å². The van der Waals surface area contributed by atoms with E-state index in [1.165, 1.54) is 11.8 Å². The molecule has 0 atom stereocenters. The number of aryl methyl sites for hydroxylation is 1. The van der Waals surface area contributed by atoms with E-state index in [1.54, 1.807) is 10.6 Å². The maximum absolute atomic E-state index is 12.6. The van der Waals surface area contributed by atoms with Crippen LogP contribution in [-0.2, 0) is 11.3 Å². The van der Waals surface area contributed by atoms with Gasteiger partial charge >= 0.3 is 0 Å². The molecule has 1 heterocycles. The summed E-state index contributed by atoms with van der Waals surface area (Å²) in [6, 6.07) is 13.1. The highest BCUT2D eigenvalue weighted by Gasteiger charge is 2.12. The van der Waals surface area contributed by atoms with Crippen molar-refractivity contribution in [2.75, 3.05) is 11.1 Å². The van der Waals surface area contributed by atoms with Crippen molar-refractivity contribution < 1.29 is 4.79 Å². The summed E-state index contributed by atoms with van der Waals surface area (Å²) in [7, 11) is 0. The maximum Gasteiger partial charge on any atom is 0.262 e. The minimum atomic E-state index is -0.121. The second-order valence-electron chi connectivity index (χ2n) is 5.76. The highest BCUT2D eigenvalue weighted by Crippen LogP contribution is 2.20. The van der Waals surface area contributed by atoms with Crippen LogP contribution in [0.15, 0.2) is 52.4 Å². The van der Waals surface area contributed by atoms with Crippen LogP contribution < -0.4 is 10.9 Å². The van der Waals surface area contributed by atoms with Crippen LogP contribution in [0.25, 0.3) is 10.9 Å². The fraction of sp³-hybridized carbons (Fsp3) is 0.211. The Morgan fingerprint density at radius 1 is 1.27 bits per heavy atom. The minimum absolute atomic E-state index is 0.0745. The molecule has 0 saturated carbocycles. The largest absolute Gasteiger partial charge is 0.325 e. The summed E-state index contributed by atoms with van der Waals surface area (Å²) in [5.74, 6) is 0.0697. The van der Waals surface area contributed by atoms with E-state index in [4.69, 9.17) is 0 Å². The lowest BCUT2D eigenvalue weighted by atomic mass is 10.2. The molecule has 0 fully saturated rings. The van der Waals surface area contributed by atoms with Crippen LogP contribution in [0, 0.1) is 10.5 Å². The number of amides is 1. The molecule has 3 aromatic rings. The molecule has 0 aliphatic carbocycles. The molecule has 0 radical (unpaired) electrons. The molecule has 134 valence electrons. The van der Waals surface area contributed by atoms with Gasteiger partial charge in [0, 0.05) is 15.8 Å². The zero-order valence-electron chi connectivity index (χ0n) is 14.5. The first kappa shape index (κ1) is 18.9. The summed E-state index contributed by atoms with van der Waals surface area (Å²) in [6.07, 6.45) is 0. The molecule has 5 nitrogen and oxygen atoms in total. The number of aromatic nitrogens is 2. The van der Waals surface area contributed by atoms with Gasteiger partial charge in [0.05, 0.1) is 16.7 Å². The number of halogens is 1. The van der Waals surface area contributed by atoms with Gasteiger partial charge in [0.15, 0.2) is 5.16 Å². The zero-order chi connectivity index (χ0) is 18.7. The number of thioether (sulfide) groups is 1. The molecule has 2 aromatic carbocycles. The third-order valence-corrected chi connectivity index (χ3v) is 5.59. The third-order valence-electron chi connectivity index (χ3n) is 3.94. The molecule has 0 spiro atoms. The van der Waals surface area contributed by atoms with Gasteiger partial charge in [-0.1, -0.05) is 23.9 Å². The fourth-order valence-corrected chi connectivity index (χ4v) is 4.13. The van der Waals surface area contributed by atoms with Crippen LogP contribution in [0.5, 0.6) is 0 Å². The summed E-state index contributed by atoms with van der Waals surface area (Å²) >= 11 is 3.52. The van der Waals surface area contributed by atoms with Crippen molar-refractivity contribution in [3.05, 3.63) is 62.0 Å². The standard InChI is InChI=1S/C19H18IN3O2S/c1-3-23-18(25)14-6-4-5-7-16(14)22-19(23)26-11-17(24)21-15-9-8-13(20)10-12(15)2/h4-10H,3,11H2,1-2H3,(H,21,24). The SMILES string of the molecule is CCn1c(SCC(=O)Nc2ccc(I)cc2C)nc2ccccc2c1=O. The van der Waals surface area contributed by atoms with Crippen LogP contribution in [0.1, 0.15) is 12.5 Å². The molecule has 0 bridgehead atoms. The average Bonchev–Trinajstić information content (AvgIpc) is 2.62. The fourth-order valence-electron chi connectivity index (χ4n) is 2.62. The Morgan fingerprint density at radius 3 is 2.77 bits per heavy atom. The number of anilines is 1. The van der Waals surface area contributed by atoms with Gasteiger partial charge in [-0.15, -0.1) is 0 Å². The first-order valence-corrected chi connectivity index (χ1v) is 10.2. The number of hydrogen-bond acceptors (Lipinski definition) is 4. The highest BCUT2D eigenvalue weighted by molar-refractivity contribution is 14.1. The Balaban J connectivity index is 1.78. The topological polar surface area (TPSA) is 64.0 Å². The third kappa shape index (κ3) is 4.09. The lowest BCUT2D eigenvalue weighted by Crippen LogP contribution is -2.23. The van der Waals surface area contributed by atoms with Gasteiger partial charge in [0.1, 0.15) is 0 Å². The van der Waals surface area contributed by atoms with Gasteiger partial charge in [-0.25, -0.2) is 4.98 Å². The molecule has 26 heavy (non-hydrogen) atoms. The average molecular weight is 479 g/mol. The van der Waals surface area contributed by atoms with Crippen molar-refractivity contribution in [2.45, 2.75) is 25.5 Å². The van der Waals surface area contributed by atoms with Gasteiger partial charge in [0.25, 0.3) is 5.56 Å². The Kier molecular flexibility index (Phi) is 5.98. The second-order valence-corrected chi connectivity index (χ2v) is 7.95. The Labute approximate surface area is 169 Å². The summed E-state index contributed by atoms with van der Waals surface area (Å²) < 4.78 is 2.73. The molecule has 1 N–H and O–H groups in total. The molecule has 0 saturated heterocycles. The number of nitrogens with one attached hydrogen (secondary N) is 1. The zero-order valence-corrected chi connectivity index (χ0v) is 17.4. The van der Waals surface area contributed by atoms with Crippen molar-refractivity contribution in [3.8, 4) is 0 Å². The van der Waals surface area contributed by atoms with Crippen LogP contribution in [0.4, 0.5) is 5.69 Å². The molecular weight excluding hydrogens is 461 g/mol. The molecule has 0 aliphatic rings. The quantitative estimate of drug-likeness (QED) is 0.341. The molecule has 0 unspecified atom stereocenters. The van der Waals surface area contributed by atoms with E-state index < -0.39 is 0 Å². The summed E-state index contributed by atoms with van der Waals surface area (Å²) in [4.78, 5) is 29.5. The van der Waals surface area contributed by atoms with Gasteiger partial charge in [-0.2, -0.15) is 0 Å². The number of benzene rings is 2. The van der Waals surface area contributed by atoms with Gasteiger partial charge in [-0.05, 0) is 72.3 Å². The number of carbonyl (C=O) groups is 1. The van der Waals surface area contributed by atoms with Gasteiger partial charge in [0.2, 0.25) is 5.91 Å². The first-order valence-electron chi connectivity index (χ1n) is 8.18. The Morgan fingerprint density at radius 2 is 2.04 bits per heavy atom. The number of carbonyl (C=O) groups excluding carboxylic acids is 1. The minimum Gasteiger partial charge on any atom is -0.325 e. The van der Waals surface area contributed by atoms with Crippen molar-refractivity contribution in [1.29, 1.82) is 0 Å². The van der Waals surface area contributed by atoms with Crippen molar-refractivity contribution in [3.63, 3.8) is 0 Å². The predicted molar refractivity (Wildman–Crippen MR) is 115 cm³/mol. The van der Waals surface area contributed by atoms with E-state index in [9.17, 15) is 9.59 Å². The smallest absolute Gasteiger partial charge is 0.262 e. The molecule has 0 aliphatic heterocycles.